The molecule has 1 aromatic rings. The highest BCUT2D eigenvalue weighted by atomic mass is 32.2. The van der Waals surface area contributed by atoms with Gasteiger partial charge in [0.1, 0.15) is 0 Å². The number of methoxy groups -OCH3 is 2. The zero-order valence-corrected chi connectivity index (χ0v) is 14.3. The summed E-state index contributed by atoms with van der Waals surface area (Å²) in [6.07, 6.45) is 7.20. The van der Waals surface area contributed by atoms with E-state index in [1.807, 2.05) is 17.8 Å². The van der Waals surface area contributed by atoms with Gasteiger partial charge in [-0.05, 0) is 49.6 Å². The lowest BCUT2D eigenvalue weighted by atomic mass is 10.0. The van der Waals surface area contributed by atoms with Crippen LogP contribution in [-0.4, -0.2) is 31.8 Å². The van der Waals surface area contributed by atoms with Crippen LogP contribution in [-0.2, 0) is 0 Å². The molecule has 1 aromatic carbocycles. The fraction of sp³-hybridized carbons (Fsp3) is 0.647. The van der Waals surface area contributed by atoms with Crippen molar-refractivity contribution in [2.45, 2.75) is 49.9 Å². The molecule has 3 atom stereocenters. The Labute approximate surface area is 132 Å². The molecule has 4 heteroatoms. The largest absolute Gasteiger partial charge is 0.493 e. The number of nitrogens with one attached hydrogen (secondary N) is 1. The van der Waals surface area contributed by atoms with Gasteiger partial charge in [-0.15, -0.1) is 0 Å². The third kappa shape index (κ3) is 4.07. The van der Waals surface area contributed by atoms with Crippen LogP contribution in [0.1, 0.15) is 44.2 Å². The van der Waals surface area contributed by atoms with Crippen molar-refractivity contribution in [2.24, 2.45) is 0 Å². The summed E-state index contributed by atoms with van der Waals surface area (Å²) in [7, 11) is 3.37. The van der Waals surface area contributed by atoms with Crippen LogP contribution in [0.2, 0.25) is 0 Å². The highest BCUT2D eigenvalue weighted by Crippen LogP contribution is 2.33. The monoisotopic (exact) mass is 309 g/mol. The Bertz CT molecular complexity index is 452. The van der Waals surface area contributed by atoms with Gasteiger partial charge in [0.05, 0.1) is 14.2 Å². The first-order valence-corrected chi connectivity index (χ1v) is 9.01. The fourth-order valence-corrected chi connectivity index (χ4v) is 3.91. The molecule has 1 aliphatic rings. The van der Waals surface area contributed by atoms with E-state index in [0.717, 1.165) is 23.2 Å². The fourth-order valence-electron chi connectivity index (χ4n) is 3.11. The minimum Gasteiger partial charge on any atom is -0.493 e. The van der Waals surface area contributed by atoms with Crippen molar-refractivity contribution >= 4 is 11.8 Å². The first-order chi connectivity index (χ1) is 10.2. The van der Waals surface area contributed by atoms with Gasteiger partial charge in [-0.2, -0.15) is 11.8 Å². The Morgan fingerprint density at radius 3 is 2.57 bits per heavy atom. The van der Waals surface area contributed by atoms with Gasteiger partial charge in [-0.25, -0.2) is 0 Å². The Hall–Kier alpha value is -0.870. The van der Waals surface area contributed by atoms with Crippen LogP contribution in [0, 0.1) is 0 Å². The molecule has 1 saturated carbocycles. The number of ether oxygens (including phenoxy) is 2. The average molecular weight is 309 g/mol. The van der Waals surface area contributed by atoms with Gasteiger partial charge in [-0.3, -0.25) is 0 Å². The van der Waals surface area contributed by atoms with E-state index < -0.39 is 0 Å². The van der Waals surface area contributed by atoms with Crippen molar-refractivity contribution in [1.82, 2.24) is 5.32 Å². The van der Waals surface area contributed by atoms with E-state index >= 15 is 0 Å². The molecule has 21 heavy (non-hydrogen) atoms. The van der Waals surface area contributed by atoms with E-state index in [1.54, 1.807) is 14.2 Å². The summed E-state index contributed by atoms with van der Waals surface area (Å²) >= 11 is 2.00. The maximum atomic E-state index is 5.42. The minimum absolute atomic E-state index is 0.385. The second kappa shape index (κ2) is 7.95. The maximum Gasteiger partial charge on any atom is 0.161 e. The van der Waals surface area contributed by atoms with Crippen LogP contribution in [0.4, 0.5) is 0 Å². The molecule has 3 nitrogen and oxygen atoms in total. The summed E-state index contributed by atoms with van der Waals surface area (Å²) in [6, 6.07) is 7.26. The second-order valence-corrected chi connectivity index (χ2v) is 6.75. The van der Waals surface area contributed by atoms with Gasteiger partial charge in [0.25, 0.3) is 0 Å². The van der Waals surface area contributed by atoms with Crippen LogP contribution in [0.5, 0.6) is 11.5 Å². The SMILES string of the molecule is CCC(NC1CCC(SC)C1)c1ccc(OC)c(OC)c1. The van der Waals surface area contributed by atoms with Gasteiger partial charge < -0.3 is 14.8 Å². The third-order valence-corrected chi connectivity index (χ3v) is 5.47. The first kappa shape index (κ1) is 16.5. The molecule has 0 spiro atoms. The molecule has 0 radical (unpaired) electrons. The summed E-state index contributed by atoms with van der Waals surface area (Å²) in [6.45, 7) is 2.23. The van der Waals surface area contributed by atoms with E-state index in [4.69, 9.17) is 9.47 Å². The number of hydrogen-bond donors (Lipinski definition) is 1. The van der Waals surface area contributed by atoms with Crippen molar-refractivity contribution in [3.8, 4) is 11.5 Å². The van der Waals surface area contributed by atoms with Gasteiger partial charge in [-0.1, -0.05) is 13.0 Å². The molecule has 1 N–H and O–H groups in total. The summed E-state index contributed by atoms with van der Waals surface area (Å²) in [5, 5.41) is 4.65. The summed E-state index contributed by atoms with van der Waals surface area (Å²) in [5.74, 6) is 1.60. The Kier molecular flexibility index (Phi) is 6.24. The first-order valence-electron chi connectivity index (χ1n) is 7.72. The molecular formula is C17H27NO2S. The molecule has 0 saturated heterocycles. The van der Waals surface area contributed by atoms with Crippen molar-refractivity contribution in [3.05, 3.63) is 23.8 Å². The van der Waals surface area contributed by atoms with Gasteiger partial charge in [0.2, 0.25) is 0 Å². The molecule has 0 aliphatic heterocycles. The molecule has 3 unspecified atom stereocenters. The molecule has 0 aromatic heterocycles. The highest BCUT2D eigenvalue weighted by Gasteiger charge is 2.26. The summed E-state index contributed by atoms with van der Waals surface area (Å²) in [4.78, 5) is 0. The average Bonchev–Trinajstić information content (AvgIpc) is 2.99. The Morgan fingerprint density at radius 2 is 2.00 bits per heavy atom. The third-order valence-electron chi connectivity index (χ3n) is 4.37. The lowest BCUT2D eigenvalue weighted by Crippen LogP contribution is -2.30. The van der Waals surface area contributed by atoms with Crippen molar-refractivity contribution in [2.75, 3.05) is 20.5 Å². The van der Waals surface area contributed by atoms with Crippen LogP contribution in [0.25, 0.3) is 0 Å². The number of hydrogen-bond acceptors (Lipinski definition) is 4. The molecule has 0 heterocycles. The predicted octanol–water partition coefficient (Wildman–Crippen LogP) is 4.03. The van der Waals surface area contributed by atoms with E-state index in [-0.39, 0.29) is 0 Å². The molecule has 1 aliphatic carbocycles. The zero-order valence-electron chi connectivity index (χ0n) is 13.5. The van der Waals surface area contributed by atoms with Crippen LogP contribution < -0.4 is 14.8 Å². The summed E-state index contributed by atoms with van der Waals surface area (Å²) < 4.78 is 10.7. The minimum atomic E-state index is 0.385. The molecular weight excluding hydrogens is 282 g/mol. The van der Waals surface area contributed by atoms with E-state index in [9.17, 15) is 0 Å². The normalized spacial score (nSPS) is 23.0. The van der Waals surface area contributed by atoms with Crippen LogP contribution in [0.15, 0.2) is 18.2 Å². The predicted molar refractivity (Wildman–Crippen MR) is 90.7 cm³/mol. The quantitative estimate of drug-likeness (QED) is 0.824. The Morgan fingerprint density at radius 1 is 1.24 bits per heavy atom. The number of benzene rings is 1. The smallest absolute Gasteiger partial charge is 0.161 e. The van der Waals surface area contributed by atoms with E-state index in [0.29, 0.717) is 12.1 Å². The zero-order chi connectivity index (χ0) is 15.2. The number of rotatable bonds is 7. The molecule has 2 rings (SSSR count). The molecule has 0 amide bonds. The second-order valence-electron chi connectivity index (χ2n) is 5.61. The van der Waals surface area contributed by atoms with Gasteiger partial charge >= 0.3 is 0 Å². The molecule has 1 fully saturated rings. The van der Waals surface area contributed by atoms with E-state index in [1.165, 1.54) is 24.8 Å². The van der Waals surface area contributed by atoms with Crippen molar-refractivity contribution in [1.29, 1.82) is 0 Å². The summed E-state index contributed by atoms with van der Waals surface area (Å²) in [5.41, 5.74) is 1.28. The molecule has 0 bridgehead atoms. The van der Waals surface area contributed by atoms with Crippen molar-refractivity contribution < 1.29 is 9.47 Å². The lowest BCUT2D eigenvalue weighted by Gasteiger charge is -2.23. The van der Waals surface area contributed by atoms with Crippen molar-refractivity contribution in [3.63, 3.8) is 0 Å². The topological polar surface area (TPSA) is 30.5 Å². The highest BCUT2D eigenvalue weighted by molar-refractivity contribution is 7.99. The standard InChI is InChI=1S/C17H27NO2S/c1-5-15(18-13-7-8-14(11-13)21-4)12-6-9-16(19-2)17(10-12)20-3/h6,9-10,13-15,18H,5,7-8,11H2,1-4H3. The lowest BCUT2D eigenvalue weighted by molar-refractivity contribution is 0.353. The van der Waals surface area contributed by atoms with Gasteiger partial charge in [0.15, 0.2) is 11.5 Å². The Balaban J connectivity index is 2.07. The number of thioether (sulfide) groups is 1. The van der Waals surface area contributed by atoms with Gasteiger partial charge in [0, 0.05) is 17.3 Å². The molecule has 118 valence electrons. The van der Waals surface area contributed by atoms with Crippen LogP contribution >= 0.6 is 11.8 Å². The maximum absolute atomic E-state index is 5.42. The van der Waals surface area contributed by atoms with E-state index in [2.05, 4.69) is 30.6 Å². The van der Waals surface area contributed by atoms with Crippen LogP contribution in [0.3, 0.4) is 0 Å².